The lowest BCUT2D eigenvalue weighted by molar-refractivity contribution is -0.136. The van der Waals surface area contributed by atoms with E-state index in [0.717, 1.165) is 43.9 Å². The fraction of sp³-hybridized carbons (Fsp3) is 0.579. The summed E-state index contributed by atoms with van der Waals surface area (Å²) in [5, 5.41) is 5.42. The number of amides is 2. The summed E-state index contributed by atoms with van der Waals surface area (Å²) >= 11 is 0. The number of likely N-dealkylation sites (N-methyl/N-ethyl adjacent to an activating group) is 1. The maximum absolute atomic E-state index is 12.0. The van der Waals surface area contributed by atoms with Gasteiger partial charge < -0.3 is 20.4 Å². The Balaban J connectivity index is 1.74. The summed E-state index contributed by atoms with van der Waals surface area (Å²) in [6.45, 7) is 11.7. The topological polar surface area (TPSA) is 64.7 Å². The van der Waals surface area contributed by atoms with Gasteiger partial charge in [0.15, 0.2) is 0 Å². The number of hydrogen-bond donors (Lipinski definition) is 2. The molecule has 138 valence electrons. The van der Waals surface area contributed by atoms with Crippen LogP contribution in [0.25, 0.3) is 0 Å². The lowest BCUT2D eigenvalue weighted by Gasteiger charge is -2.33. The van der Waals surface area contributed by atoms with Gasteiger partial charge in [0, 0.05) is 45.0 Å². The molecular formula is C19H30N4O2. The zero-order chi connectivity index (χ0) is 18.4. The summed E-state index contributed by atoms with van der Waals surface area (Å²) in [4.78, 5) is 28.8. The Morgan fingerprint density at radius 2 is 1.80 bits per heavy atom. The van der Waals surface area contributed by atoms with Gasteiger partial charge in [-0.3, -0.25) is 9.59 Å². The number of rotatable bonds is 5. The summed E-state index contributed by atoms with van der Waals surface area (Å²) in [6, 6.07) is 5.72. The average molecular weight is 346 g/mol. The van der Waals surface area contributed by atoms with Gasteiger partial charge >= 0.3 is 11.8 Å². The summed E-state index contributed by atoms with van der Waals surface area (Å²) in [6.07, 6.45) is 0. The van der Waals surface area contributed by atoms with Crippen LogP contribution in [-0.4, -0.2) is 67.9 Å². The highest BCUT2D eigenvalue weighted by Crippen LogP contribution is 2.15. The Hall–Kier alpha value is -1.92. The third-order valence-electron chi connectivity index (χ3n) is 4.61. The van der Waals surface area contributed by atoms with Gasteiger partial charge in [-0.1, -0.05) is 24.6 Å². The van der Waals surface area contributed by atoms with Crippen molar-refractivity contribution in [2.45, 2.75) is 20.8 Å². The monoisotopic (exact) mass is 346 g/mol. The molecule has 0 saturated carbocycles. The van der Waals surface area contributed by atoms with Crippen molar-refractivity contribution in [1.29, 1.82) is 0 Å². The predicted octanol–water partition coefficient (Wildman–Crippen LogP) is 1.24. The minimum Gasteiger partial charge on any atom is -0.348 e. The molecule has 0 spiro atoms. The second-order valence-electron chi connectivity index (χ2n) is 7.19. The predicted molar refractivity (Wildman–Crippen MR) is 101 cm³/mol. The van der Waals surface area contributed by atoms with Crippen molar-refractivity contribution in [1.82, 2.24) is 15.1 Å². The molecule has 0 bridgehead atoms. The van der Waals surface area contributed by atoms with Crippen molar-refractivity contribution in [3.8, 4) is 0 Å². The van der Waals surface area contributed by atoms with Gasteiger partial charge in [-0.2, -0.15) is 0 Å². The van der Waals surface area contributed by atoms with Gasteiger partial charge in [0.2, 0.25) is 0 Å². The van der Waals surface area contributed by atoms with Crippen molar-refractivity contribution in [3.63, 3.8) is 0 Å². The van der Waals surface area contributed by atoms with Crippen LogP contribution in [0.5, 0.6) is 0 Å². The Bertz CT molecular complexity index is 609. The molecule has 2 rings (SSSR count). The van der Waals surface area contributed by atoms with E-state index < -0.39 is 11.8 Å². The highest BCUT2D eigenvalue weighted by Gasteiger charge is 2.18. The zero-order valence-corrected chi connectivity index (χ0v) is 15.8. The maximum Gasteiger partial charge on any atom is 0.313 e. The molecule has 1 atom stereocenters. The standard InChI is InChI=1S/C19H30N4O2/c1-14-5-6-17(16(3)11-14)21-19(25)18(24)20-12-15(2)13-23-9-7-22(4)8-10-23/h5-6,11,15H,7-10,12-13H2,1-4H3,(H,20,24)(H,21,25). The molecule has 1 fully saturated rings. The molecular weight excluding hydrogens is 316 g/mol. The molecule has 1 heterocycles. The molecule has 1 unspecified atom stereocenters. The largest absolute Gasteiger partial charge is 0.348 e. The van der Waals surface area contributed by atoms with Crippen LogP contribution in [0.3, 0.4) is 0 Å². The molecule has 2 amide bonds. The smallest absolute Gasteiger partial charge is 0.313 e. The van der Waals surface area contributed by atoms with E-state index in [1.165, 1.54) is 0 Å². The van der Waals surface area contributed by atoms with Crippen LogP contribution in [-0.2, 0) is 9.59 Å². The number of piperazine rings is 1. The highest BCUT2D eigenvalue weighted by atomic mass is 16.2. The number of carbonyl (C=O) groups is 2. The van der Waals surface area contributed by atoms with Crippen LogP contribution >= 0.6 is 0 Å². The number of hydrogen-bond acceptors (Lipinski definition) is 4. The molecule has 1 aromatic rings. The third kappa shape index (κ3) is 6.14. The first-order valence-corrected chi connectivity index (χ1v) is 8.92. The first kappa shape index (κ1) is 19.4. The normalized spacial score (nSPS) is 17.1. The van der Waals surface area contributed by atoms with Crippen LogP contribution in [0.1, 0.15) is 18.1 Å². The number of nitrogens with zero attached hydrogens (tertiary/aromatic N) is 2. The second kappa shape index (κ2) is 8.97. The van der Waals surface area contributed by atoms with Crippen LogP contribution in [0.15, 0.2) is 18.2 Å². The molecule has 25 heavy (non-hydrogen) atoms. The third-order valence-corrected chi connectivity index (χ3v) is 4.61. The van der Waals surface area contributed by atoms with Crippen LogP contribution in [0, 0.1) is 19.8 Å². The van der Waals surface area contributed by atoms with Crippen molar-refractivity contribution in [3.05, 3.63) is 29.3 Å². The lowest BCUT2D eigenvalue weighted by atomic mass is 10.1. The van der Waals surface area contributed by atoms with Crippen molar-refractivity contribution < 1.29 is 9.59 Å². The van der Waals surface area contributed by atoms with E-state index in [1.807, 2.05) is 32.0 Å². The van der Waals surface area contributed by atoms with E-state index in [1.54, 1.807) is 0 Å². The second-order valence-corrected chi connectivity index (χ2v) is 7.19. The van der Waals surface area contributed by atoms with E-state index in [9.17, 15) is 9.59 Å². The molecule has 1 aliphatic rings. The van der Waals surface area contributed by atoms with Crippen LogP contribution in [0.2, 0.25) is 0 Å². The maximum atomic E-state index is 12.0. The lowest BCUT2D eigenvalue weighted by Crippen LogP contribution is -2.47. The Morgan fingerprint density at radius 3 is 2.44 bits per heavy atom. The molecule has 2 N–H and O–H groups in total. The van der Waals surface area contributed by atoms with Gasteiger partial charge in [0.25, 0.3) is 0 Å². The number of nitrogens with one attached hydrogen (secondary N) is 2. The van der Waals surface area contributed by atoms with E-state index in [2.05, 4.69) is 34.4 Å². The molecule has 1 aliphatic heterocycles. The number of carbonyl (C=O) groups excluding carboxylic acids is 2. The number of aryl methyl sites for hydroxylation is 2. The van der Waals surface area contributed by atoms with Crippen LogP contribution in [0.4, 0.5) is 5.69 Å². The summed E-state index contributed by atoms with van der Waals surface area (Å²) in [5.74, 6) is -0.884. The van der Waals surface area contributed by atoms with Gasteiger partial charge in [-0.25, -0.2) is 0 Å². The SMILES string of the molecule is Cc1ccc(NC(=O)C(=O)NCC(C)CN2CCN(C)CC2)c(C)c1. The fourth-order valence-corrected chi connectivity index (χ4v) is 3.02. The molecule has 6 nitrogen and oxygen atoms in total. The van der Waals surface area contributed by atoms with E-state index in [4.69, 9.17) is 0 Å². The molecule has 0 aromatic heterocycles. The Labute approximate surface area is 150 Å². The zero-order valence-electron chi connectivity index (χ0n) is 15.8. The Kier molecular flexibility index (Phi) is 6.96. The number of anilines is 1. The molecule has 1 aromatic carbocycles. The molecule has 0 aliphatic carbocycles. The summed E-state index contributed by atoms with van der Waals surface area (Å²) in [5.41, 5.74) is 2.75. The first-order valence-electron chi connectivity index (χ1n) is 8.92. The van der Waals surface area contributed by atoms with Gasteiger partial charge in [-0.15, -0.1) is 0 Å². The fourth-order valence-electron chi connectivity index (χ4n) is 3.02. The minimum atomic E-state index is -0.612. The first-order chi connectivity index (χ1) is 11.8. The van der Waals surface area contributed by atoms with Crippen LogP contribution < -0.4 is 10.6 Å². The Morgan fingerprint density at radius 1 is 1.12 bits per heavy atom. The van der Waals surface area contributed by atoms with Crippen molar-refractivity contribution in [2.75, 3.05) is 51.6 Å². The van der Waals surface area contributed by atoms with E-state index >= 15 is 0 Å². The summed E-state index contributed by atoms with van der Waals surface area (Å²) in [7, 11) is 2.13. The molecule has 1 saturated heterocycles. The highest BCUT2D eigenvalue weighted by molar-refractivity contribution is 6.39. The van der Waals surface area contributed by atoms with Gasteiger partial charge in [0.05, 0.1) is 0 Å². The van der Waals surface area contributed by atoms with Crippen molar-refractivity contribution >= 4 is 17.5 Å². The van der Waals surface area contributed by atoms with Crippen molar-refractivity contribution in [2.24, 2.45) is 5.92 Å². The molecule has 6 heteroatoms. The van der Waals surface area contributed by atoms with E-state index in [-0.39, 0.29) is 0 Å². The average Bonchev–Trinajstić information content (AvgIpc) is 2.57. The van der Waals surface area contributed by atoms with Gasteiger partial charge in [0.1, 0.15) is 0 Å². The van der Waals surface area contributed by atoms with E-state index in [0.29, 0.717) is 18.2 Å². The number of benzene rings is 1. The quantitative estimate of drug-likeness (QED) is 0.788. The minimum absolute atomic E-state index is 0.307. The van der Waals surface area contributed by atoms with Gasteiger partial charge in [-0.05, 0) is 38.4 Å². The molecule has 0 radical (unpaired) electrons. The summed E-state index contributed by atoms with van der Waals surface area (Å²) < 4.78 is 0.